The van der Waals surface area contributed by atoms with Gasteiger partial charge >= 0.3 is 0 Å². The molecule has 4 aromatic rings. The van der Waals surface area contributed by atoms with Crippen LogP contribution in [0.1, 0.15) is 5.56 Å². The van der Waals surface area contributed by atoms with E-state index in [9.17, 15) is 0 Å². The van der Waals surface area contributed by atoms with Crippen molar-refractivity contribution in [2.45, 2.75) is 13.5 Å². The van der Waals surface area contributed by atoms with Crippen LogP contribution in [-0.2, 0) is 6.54 Å². The highest BCUT2D eigenvalue weighted by Gasteiger charge is 2.14. The average molecular weight is 304 g/mol. The summed E-state index contributed by atoms with van der Waals surface area (Å²) < 4.78 is 2.30. The zero-order valence-corrected chi connectivity index (χ0v) is 13.7. The molecule has 0 amide bonds. The second kappa shape index (κ2) is 5.32. The molecule has 4 rings (SSSR count). The second-order valence-electron chi connectivity index (χ2n) is 6.36. The number of likely N-dealkylation sites (N-methyl/N-ethyl adjacent to an activating group) is 1. The lowest BCUT2D eigenvalue weighted by Gasteiger charge is -2.12. The quantitative estimate of drug-likeness (QED) is 0.580. The molecule has 0 bridgehead atoms. The van der Waals surface area contributed by atoms with Crippen LogP contribution in [0.4, 0.5) is 0 Å². The van der Waals surface area contributed by atoms with Gasteiger partial charge in [0.25, 0.3) is 0 Å². The minimum absolute atomic E-state index is 0.906. The number of aryl methyl sites for hydroxylation is 1. The molecule has 2 aromatic carbocycles. The van der Waals surface area contributed by atoms with E-state index in [0.717, 1.165) is 35.3 Å². The van der Waals surface area contributed by atoms with Gasteiger partial charge in [0.05, 0.1) is 16.6 Å². The van der Waals surface area contributed by atoms with Crippen LogP contribution in [0.3, 0.4) is 0 Å². The predicted octanol–water partition coefficient (Wildman–Crippen LogP) is 3.61. The Morgan fingerprint density at radius 3 is 2.48 bits per heavy atom. The second-order valence-corrected chi connectivity index (χ2v) is 6.36. The summed E-state index contributed by atoms with van der Waals surface area (Å²) in [5.41, 5.74) is 6.34. The van der Waals surface area contributed by atoms with E-state index in [-0.39, 0.29) is 0 Å². The third-order valence-corrected chi connectivity index (χ3v) is 4.28. The first kappa shape index (κ1) is 14.2. The van der Waals surface area contributed by atoms with Crippen LogP contribution in [0, 0.1) is 6.92 Å². The predicted molar refractivity (Wildman–Crippen MR) is 95.8 cm³/mol. The number of para-hydroxylation sites is 2. The monoisotopic (exact) mass is 304 g/mol. The molecule has 0 saturated heterocycles. The molecule has 0 atom stereocenters. The van der Waals surface area contributed by atoms with Crippen LogP contribution in [-0.4, -0.2) is 40.1 Å². The summed E-state index contributed by atoms with van der Waals surface area (Å²) in [6.07, 6.45) is 0. The Kier molecular flexibility index (Phi) is 3.27. The first-order valence-electron chi connectivity index (χ1n) is 7.93. The summed E-state index contributed by atoms with van der Waals surface area (Å²) in [6, 6.07) is 14.6. The summed E-state index contributed by atoms with van der Waals surface area (Å²) in [4.78, 5) is 12.0. The van der Waals surface area contributed by atoms with Crippen molar-refractivity contribution in [3.63, 3.8) is 0 Å². The van der Waals surface area contributed by atoms with Gasteiger partial charge in [-0.05, 0) is 45.3 Å². The highest BCUT2D eigenvalue weighted by molar-refractivity contribution is 6.06. The van der Waals surface area contributed by atoms with Crippen molar-refractivity contribution >= 4 is 33.1 Å². The summed E-state index contributed by atoms with van der Waals surface area (Å²) >= 11 is 0. The standard InChI is InChI=1S/C19H20N4/c1-13-8-9-17-14(12-13)18-19(23(17)11-10-22(2)3)21-16-7-5-4-6-15(16)20-18/h4-9,12H,10-11H2,1-3H3. The van der Waals surface area contributed by atoms with Crippen LogP contribution in [0.5, 0.6) is 0 Å². The summed E-state index contributed by atoms with van der Waals surface area (Å²) in [5.74, 6) is 0. The molecular weight excluding hydrogens is 284 g/mol. The molecule has 0 radical (unpaired) electrons. The molecule has 0 unspecified atom stereocenters. The smallest absolute Gasteiger partial charge is 0.160 e. The van der Waals surface area contributed by atoms with Crippen LogP contribution < -0.4 is 0 Å². The van der Waals surface area contributed by atoms with Gasteiger partial charge in [-0.25, -0.2) is 9.97 Å². The number of hydrogen-bond acceptors (Lipinski definition) is 3. The third-order valence-electron chi connectivity index (χ3n) is 4.28. The van der Waals surface area contributed by atoms with Crippen LogP contribution in [0.25, 0.3) is 33.1 Å². The van der Waals surface area contributed by atoms with Gasteiger partial charge in [0.15, 0.2) is 5.65 Å². The lowest BCUT2D eigenvalue weighted by molar-refractivity contribution is 0.389. The Balaban J connectivity index is 2.08. The zero-order valence-electron chi connectivity index (χ0n) is 13.7. The van der Waals surface area contributed by atoms with Crippen molar-refractivity contribution < 1.29 is 0 Å². The zero-order chi connectivity index (χ0) is 16.0. The van der Waals surface area contributed by atoms with Crippen LogP contribution in [0.2, 0.25) is 0 Å². The molecule has 0 aliphatic rings. The molecule has 2 heterocycles. The number of nitrogens with zero attached hydrogens (tertiary/aromatic N) is 4. The molecule has 0 aliphatic carbocycles. The van der Waals surface area contributed by atoms with Crippen molar-refractivity contribution in [1.29, 1.82) is 0 Å². The van der Waals surface area contributed by atoms with E-state index in [1.165, 1.54) is 16.5 Å². The first-order valence-corrected chi connectivity index (χ1v) is 7.93. The lowest BCUT2D eigenvalue weighted by Crippen LogP contribution is -2.18. The molecular formula is C19H20N4. The summed E-state index contributed by atoms with van der Waals surface area (Å²) in [5, 5.41) is 1.19. The van der Waals surface area contributed by atoms with Crippen molar-refractivity contribution in [3.05, 3.63) is 48.0 Å². The SMILES string of the molecule is Cc1ccc2c(c1)c1nc3ccccc3nc1n2CCN(C)C. The summed E-state index contributed by atoms with van der Waals surface area (Å²) in [6.45, 7) is 4.00. The van der Waals surface area contributed by atoms with Crippen LogP contribution in [0.15, 0.2) is 42.5 Å². The van der Waals surface area contributed by atoms with E-state index in [2.05, 4.69) is 48.7 Å². The number of hydrogen-bond donors (Lipinski definition) is 0. The minimum Gasteiger partial charge on any atom is -0.323 e. The first-order chi connectivity index (χ1) is 11.1. The molecule has 23 heavy (non-hydrogen) atoms. The van der Waals surface area contributed by atoms with Gasteiger partial charge in [-0.3, -0.25) is 0 Å². The van der Waals surface area contributed by atoms with Crippen molar-refractivity contribution in [2.75, 3.05) is 20.6 Å². The van der Waals surface area contributed by atoms with E-state index in [1.807, 2.05) is 24.3 Å². The van der Waals surface area contributed by atoms with Gasteiger partial charge in [-0.1, -0.05) is 23.8 Å². The number of benzene rings is 2. The van der Waals surface area contributed by atoms with Crippen LogP contribution >= 0.6 is 0 Å². The molecule has 0 aliphatic heterocycles. The van der Waals surface area contributed by atoms with Gasteiger partial charge in [0, 0.05) is 18.5 Å². The fourth-order valence-corrected chi connectivity index (χ4v) is 3.07. The van der Waals surface area contributed by atoms with Crippen molar-refractivity contribution in [3.8, 4) is 0 Å². The maximum atomic E-state index is 4.90. The van der Waals surface area contributed by atoms with E-state index in [0.29, 0.717) is 0 Å². The molecule has 0 spiro atoms. The number of aromatic nitrogens is 3. The van der Waals surface area contributed by atoms with Gasteiger partial charge in [0.1, 0.15) is 5.52 Å². The highest BCUT2D eigenvalue weighted by Crippen LogP contribution is 2.29. The Labute approximate surface area is 135 Å². The third kappa shape index (κ3) is 2.35. The van der Waals surface area contributed by atoms with E-state index < -0.39 is 0 Å². The maximum Gasteiger partial charge on any atom is 0.160 e. The molecule has 116 valence electrons. The van der Waals surface area contributed by atoms with Crippen molar-refractivity contribution in [1.82, 2.24) is 19.4 Å². The van der Waals surface area contributed by atoms with Crippen molar-refractivity contribution in [2.24, 2.45) is 0 Å². The van der Waals surface area contributed by atoms with Gasteiger partial charge in [-0.15, -0.1) is 0 Å². The molecule has 2 aromatic heterocycles. The fraction of sp³-hybridized carbons (Fsp3) is 0.263. The molecule has 4 heteroatoms. The van der Waals surface area contributed by atoms with E-state index >= 15 is 0 Å². The van der Waals surface area contributed by atoms with Gasteiger partial charge in [-0.2, -0.15) is 0 Å². The normalized spacial score (nSPS) is 12.0. The lowest BCUT2D eigenvalue weighted by atomic mass is 10.1. The topological polar surface area (TPSA) is 34.0 Å². The number of fused-ring (bicyclic) bond motifs is 4. The van der Waals surface area contributed by atoms with E-state index in [4.69, 9.17) is 9.97 Å². The highest BCUT2D eigenvalue weighted by atomic mass is 15.1. The molecule has 0 saturated carbocycles. The average Bonchev–Trinajstić information content (AvgIpc) is 2.83. The Hall–Kier alpha value is -2.46. The summed E-state index contributed by atoms with van der Waals surface area (Å²) in [7, 11) is 4.19. The van der Waals surface area contributed by atoms with Gasteiger partial charge in [0.2, 0.25) is 0 Å². The number of rotatable bonds is 3. The Morgan fingerprint density at radius 1 is 1.00 bits per heavy atom. The molecule has 0 N–H and O–H groups in total. The van der Waals surface area contributed by atoms with E-state index in [1.54, 1.807) is 0 Å². The largest absolute Gasteiger partial charge is 0.323 e. The van der Waals surface area contributed by atoms with Gasteiger partial charge < -0.3 is 9.47 Å². The minimum atomic E-state index is 0.906. The Morgan fingerprint density at radius 2 is 1.74 bits per heavy atom. The Bertz CT molecular complexity index is 1010. The molecule has 4 nitrogen and oxygen atoms in total. The fourth-order valence-electron chi connectivity index (χ4n) is 3.07. The molecule has 0 fully saturated rings. The maximum absolute atomic E-state index is 4.90.